The van der Waals surface area contributed by atoms with Crippen molar-refractivity contribution in [3.63, 3.8) is 0 Å². The number of methoxy groups -OCH3 is 1. The molecule has 1 amide bonds. The van der Waals surface area contributed by atoms with E-state index in [4.69, 9.17) is 20.4 Å². The number of hydrogen-bond acceptors (Lipinski definition) is 7. The summed E-state index contributed by atoms with van der Waals surface area (Å²) in [5, 5.41) is 10.6. The minimum absolute atomic E-state index is 0.0938. The lowest BCUT2D eigenvalue weighted by Crippen LogP contribution is -2.41. The highest BCUT2D eigenvalue weighted by Crippen LogP contribution is 2.24. The Morgan fingerprint density at radius 1 is 1.24 bits per heavy atom. The number of fused-ring (bicyclic) bond motifs is 1. The Bertz CT molecular complexity index is 1440. The molecule has 15 heteroatoms. The second-order valence-electron chi connectivity index (χ2n) is 7.90. The lowest BCUT2D eigenvalue weighted by atomic mass is 10.1. The zero-order chi connectivity index (χ0) is 28.1. The van der Waals surface area contributed by atoms with Crippen LogP contribution in [0.1, 0.15) is 11.3 Å². The maximum Gasteiger partial charge on any atom is 0.490 e. The van der Waals surface area contributed by atoms with Crippen LogP contribution in [0.25, 0.3) is 10.8 Å². The maximum absolute atomic E-state index is 12.9. The van der Waals surface area contributed by atoms with Crippen molar-refractivity contribution in [2.45, 2.75) is 23.5 Å². The van der Waals surface area contributed by atoms with Crippen LogP contribution in [0.15, 0.2) is 63.8 Å². The highest BCUT2D eigenvalue weighted by atomic mass is 32.2. The first-order valence-corrected chi connectivity index (χ1v) is 13.2. The molecule has 0 unspecified atom stereocenters. The number of hydrogen-bond donors (Lipinski definition) is 3. The number of aliphatic carboxylic acids is 1. The number of nitrogens with one attached hydrogen (secondary N) is 1. The molecule has 1 fully saturated rings. The van der Waals surface area contributed by atoms with Crippen LogP contribution in [0, 0.1) is 0 Å². The Morgan fingerprint density at radius 2 is 1.92 bits per heavy atom. The van der Waals surface area contributed by atoms with E-state index in [9.17, 15) is 26.4 Å². The number of nitrogens with zero attached hydrogens (tertiary/aromatic N) is 2. The Morgan fingerprint density at radius 3 is 2.53 bits per heavy atom. The molecule has 204 valence electrons. The molecule has 10 nitrogen and oxygen atoms in total. The van der Waals surface area contributed by atoms with Crippen molar-refractivity contribution in [3.05, 3.63) is 58.8 Å². The molecule has 0 spiro atoms. The molecule has 0 radical (unpaired) electrons. The molecular weight excluding hydrogens is 549 g/mol. The van der Waals surface area contributed by atoms with Crippen LogP contribution < -0.4 is 15.2 Å². The zero-order valence-electron chi connectivity index (χ0n) is 19.8. The fourth-order valence-electron chi connectivity index (χ4n) is 3.40. The monoisotopic (exact) mass is 572 g/mol. The van der Waals surface area contributed by atoms with E-state index in [0.717, 1.165) is 15.6 Å². The second-order valence-corrected chi connectivity index (χ2v) is 10.6. The number of rotatable bonds is 7. The first-order chi connectivity index (χ1) is 17.8. The van der Waals surface area contributed by atoms with Gasteiger partial charge in [-0.1, -0.05) is 18.2 Å². The Kier molecular flexibility index (Phi) is 8.96. The lowest BCUT2D eigenvalue weighted by Gasteiger charge is -2.15. The Hall–Kier alpha value is -3.69. The number of amidine groups is 1. The quantitative estimate of drug-likeness (QED) is 0.291. The first-order valence-electron chi connectivity index (χ1n) is 10.8. The van der Waals surface area contributed by atoms with Crippen molar-refractivity contribution in [1.82, 2.24) is 9.62 Å². The van der Waals surface area contributed by atoms with Gasteiger partial charge in [-0.2, -0.15) is 17.9 Å². The van der Waals surface area contributed by atoms with Crippen LogP contribution in [0.3, 0.4) is 0 Å². The van der Waals surface area contributed by atoms with E-state index in [0.29, 0.717) is 24.6 Å². The van der Waals surface area contributed by atoms with Gasteiger partial charge in [0.1, 0.15) is 24.3 Å². The minimum atomic E-state index is -5.08. The Balaban J connectivity index is 0.000000505. The Labute approximate surface area is 219 Å². The topological polar surface area (TPSA) is 151 Å². The van der Waals surface area contributed by atoms with Crippen LogP contribution >= 0.6 is 11.3 Å². The molecule has 1 aliphatic rings. The van der Waals surface area contributed by atoms with Gasteiger partial charge in [-0.05, 0) is 52.9 Å². The predicted octanol–water partition coefficient (Wildman–Crippen LogP) is 2.79. The van der Waals surface area contributed by atoms with Crippen LogP contribution in [0.2, 0.25) is 0 Å². The molecule has 1 atom stereocenters. The van der Waals surface area contributed by atoms with Gasteiger partial charge in [-0.15, -0.1) is 11.3 Å². The fourth-order valence-corrected chi connectivity index (χ4v) is 5.31. The molecule has 0 aliphatic carbocycles. The number of thiophene rings is 1. The smallest absolute Gasteiger partial charge is 0.490 e. The van der Waals surface area contributed by atoms with E-state index in [2.05, 4.69) is 9.71 Å². The van der Waals surface area contributed by atoms with E-state index >= 15 is 0 Å². The third-order valence-corrected chi connectivity index (χ3v) is 7.71. The average Bonchev–Trinajstić information content (AvgIpc) is 3.52. The number of carboxylic acid groups (broad SMARTS) is 1. The molecule has 0 bridgehead atoms. The summed E-state index contributed by atoms with van der Waals surface area (Å²) < 4.78 is 65.3. The summed E-state index contributed by atoms with van der Waals surface area (Å²) in [5.74, 6) is -2.07. The number of amides is 1. The number of carbonyl (C=O) groups is 2. The van der Waals surface area contributed by atoms with Crippen LogP contribution in [-0.4, -0.2) is 68.7 Å². The summed E-state index contributed by atoms with van der Waals surface area (Å²) in [6, 6.07) is 13.2. The third kappa shape index (κ3) is 7.20. The van der Waals surface area contributed by atoms with Crippen molar-refractivity contribution < 1.29 is 41.0 Å². The van der Waals surface area contributed by atoms with Crippen molar-refractivity contribution in [3.8, 4) is 5.75 Å². The van der Waals surface area contributed by atoms with Crippen molar-refractivity contribution >= 4 is 49.8 Å². The number of nitrogens with two attached hydrogens (primary N) is 1. The van der Waals surface area contributed by atoms with Crippen molar-refractivity contribution in [2.24, 2.45) is 10.7 Å². The number of ether oxygens (including phenoxy) is 1. The van der Waals surface area contributed by atoms with E-state index in [1.807, 2.05) is 29.6 Å². The van der Waals surface area contributed by atoms with E-state index in [-0.39, 0.29) is 17.5 Å². The van der Waals surface area contributed by atoms with Gasteiger partial charge in [-0.3, -0.25) is 4.79 Å². The largest absolute Gasteiger partial charge is 0.497 e. The van der Waals surface area contributed by atoms with Gasteiger partial charge in [0, 0.05) is 6.54 Å². The fraction of sp³-hybridized carbons (Fsp3) is 0.261. The van der Waals surface area contributed by atoms with E-state index in [1.165, 1.54) is 22.3 Å². The SMILES string of the molecule is COc1ccc2ccc(S(=O)(=O)N[C@H]3CCN(CN=C(N)c4cccs4)C3=O)cc2c1.O=C(O)C(F)(F)F. The number of sulfonamides is 1. The first kappa shape index (κ1) is 28.9. The number of carbonyl (C=O) groups excluding carboxylic acids is 1. The van der Waals surface area contributed by atoms with Gasteiger partial charge >= 0.3 is 12.1 Å². The molecule has 1 aliphatic heterocycles. The standard InChI is InChI=1S/C21H22N4O4S2.C2HF3O2/c1-29-16-6-4-14-5-7-17(12-15(14)11-16)31(27,28)24-18-8-9-25(21(18)26)13-23-20(22)19-3-2-10-30-19;3-2(4,5)1(6)7/h2-7,10-12,18,24H,8-9,13H2,1H3,(H2,22,23);(H,6,7)/t18-;/m0./s1. The van der Waals surface area contributed by atoms with Gasteiger partial charge < -0.3 is 20.5 Å². The van der Waals surface area contributed by atoms with Crippen LogP contribution in [-0.2, 0) is 19.6 Å². The van der Waals surface area contributed by atoms with Gasteiger partial charge in [0.25, 0.3) is 0 Å². The molecule has 0 saturated carbocycles. The summed E-state index contributed by atoms with van der Waals surface area (Å²) in [6.45, 7) is 0.499. The van der Waals surface area contributed by atoms with Gasteiger partial charge in [0.05, 0.1) is 16.9 Å². The highest BCUT2D eigenvalue weighted by Gasteiger charge is 2.38. The lowest BCUT2D eigenvalue weighted by molar-refractivity contribution is -0.192. The summed E-state index contributed by atoms with van der Waals surface area (Å²) >= 11 is 1.46. The molecule has 4 N–H and O–H groups in total. The summed E-state index contributed by atoms with van der Waals surface area (Å²) in [4.78, 5) is 28.3. The molecule has 3 aromatic rings. The van der Waals surface area contributed by atoms with E-state index in [1.54, 1.807) is 25.3 Å². The predicted molar refractivity (Wildman–Crippen MR) is 135 cm³/mol. The molecular formula is C23H23F3N4O6S2. The van der Waals surface area contributed by atoms with Crippen molar-refractivity contribution in [2.75, 3.05) is 20.3 Å². The number of benzene rings is 2. The maximum atomic E-state index is 12.9. The second kappa shape index (κ2) is 11.8. The van der Waals surface area contributed by atoms with Crippen LogP contribution in [0.5, 0.6) is 5.75 Å². The number of carboxylic acids is 1. The summed E-state index contributed by atoms with van der Waals surface area (Å²) in [6.07, 6.45) is -4.71. The molecule has 4 rings (SSSR count). The normalized spacial score (nSPS) is 16.3. The molecule has 38 heavy (non-hydrogen) atoms. The third-order valence-electron chi connectivity index (χ3n) is 5.35. The van der Waals surface area contributed by atoms with Gasteiger partial charge in [-0.25, -0.2) is 18.2 Å². The zero-order valence-corrected chi connectivity index (χ0v) is 21.4. The molecule has 2 heterocycles. The van der Waals surface area contributed by atoms with Gasteiger partial charge in [0.2, 0.25) is 15.9 Å². The number of likely N-dealkylation sites (tertiary alicyclic amines) is 1. The molecule has 1 saturated heterocycles. The minimum Gasteiger partial charge on any atom is -0.497 e. The summed E-state index contributed by atoms with van der Waals surface area (Å²) in [7, 11) is -2.32. The number of aliphatic imine (C=N–C) groups is 1. The van der Waals surface area contributed by atoms with Gasteiger partial charge in [0.15, 0.2) is 0 Å². The van der Waals surface area contributed by atoms with Crippen LogP contribution in [0.4, 0.5) is 13.2 Å². The number of alkyl halides is 3. The number of halogens is 3. The molecule has 2 aromatic carbocycles. The van der Waals surface area contributed by atoms with E-state index < -0.39 is 28.2 Å². The average molecular weight is 573 g/mol. The molecule has 1 aromatic heterocycles. The highest BCUT2D eigenvalue weighted by molar-refractivity contribution is 7.89. The summed E-state index contributed by atoms with van der Waals surface area (Å²) in [5.41, 5.74) is 5.94. The van der Waals surface area contributed by atoms with Crippen molar-refractivity contribution in [1.29, 1.82) is 0 Å².